The zero-order valence-corrected chi connectivity index (χ0v) is 11.5. The number of carbonyl (C=O) groups is 1. The second-order valence-corrected chi connectivity index (χ2v) is 5.16. The van der Waals surface area contributed by atoms with Gasteiger partial charge in [0, 0.05) is 14.1 Å². The van der Waals surface area contributed by atoms with Crippen LogP contribution in [0.25, 0.3) is 10.6 Å². The Morgan fingerprint density at radius 2 is 2.26 bits per heavy atom. The van der Waals surface area contributed by atoms with E-state index in [1.54, 1.807) is 14.1 Å². The maximum Gasteiger partial charge on any atom is 0.290 e. The molecule has 0 aliphatic heterocycles. The molecule has 0 aliphatic carbocycles. The first-order valence-electron chi connectivity index (χ1n) is 5.60. The fourth-order valence-corrected chi connectivity index (χ4v) is 2.17. The van der Waals surface area contributed by atoms with Crippen molar-refractivity contribution in [2.24, 2.45) is 0 Å². The summed E-state index contributed by atoms with van der Waals surface area (Å²) in [7, 11) is 3.25. The summed E-state index contributed by atoms with van der Waals surface area (Å²) < 4.78 is 1.10. The second-order valence-electron chi connectivity index (χ2n) is 4.21. The normalized spacial score (nSPS) is 10.4. The Bertz CT molecular complexity index is 646. The zero-order valence-electron chi connectivity index (χ0n) is 10.7. The van der Waals surface area contributed by atoms with E-state index in [1.807, 2.05) is 17.5 Å². The molecule has 0 unspecified atom stereocenters. The molecule has 2 heterocycles. The molecule has 0 fully saturated rings. The lowest BCUT2D eigenvalue weighted by molar-refractivity contribution is -0.129. The minimum atomic E-state index is -0.449. The standard InChI is InChI=1S/C12H14N4O2S/c1-15(2)11(17)7-16-12(18)8(13)6-9(14-16)10-4-3-5-19-10/h3-6H,7,13H2,1-2H3. The van der Waals surface area contributed by atoms with Gasteiger partial charge in [0.25, 0.3) is 5.56 Å². The van der Waals surface area contributed by atoms with Crippen LogP contribution >= 0.6 is 11.3 Å². The molecule has 0 saturated carbocycles. The fraction of sp³-hybridized carbons (Fsp3) is 0.250. The molecule has 2 aromatic rings. The van der Waals surface area contributed by atoms with Crippen LogP contribution in [-0.2, 0) is 11.3 Å². The zero-order chi connectivity index (χ0) is 14.0. The van der Waals surface area contributed by atoms with Crippen LogP contribution in [0.15, 0.2) is 28.4 Å². The lowest BCUT2D eigenvalue weighted by Crippen LogP contribution is -2.34. The molecule has 0 atom stereocenters. The molecule has 1 amide bonds. The summed E-state index contributed by atoms with van der Waals surface area (Å²) in [6, 6.07) is 5.30. The molecular formula is C12H14N4O2S. The number of anilines is 1. The summed E-state index contributed by atoms with van der Waals surface area (Å²) in [6.07, 6.45) is 0. The van der Waals surface area contributed by atoms with E-state index in [1.165, 1.54) is 22.3 Å². The van der Waals surface area contributed by atoms with E-state index in [9.17, 15) is 9.59 Å². The predicted octanol–water partition coefficient (Wildman–Crippen LogP) is 0.642. The topological polar surface area (TPSA) is 81.2 Å². The summed E-state index contributed by atoms with van der Waals surface area (Å²) in [5, 5.41) is 6.10. The van der Waals surface area contributed by atoms with Crippen molar-refractivity contribution in [3.63, 3.8) is 0 Å². The highest BCUT2D eigenvalue weighted by molar-refractivity contribution is 7.13. The molecule has 19 heavy (non-hydrogen) atoms. The second kappa shape index (κ2) is 5.23. The van der Waals surface area contributed by atoms with Gasteiger partial charge in [-0.05, 0) is 17.5 Å². The van der Waals surface area contributed by atoms with E-state index in [2.05, 4.69) is 5.10 Å². The average Bonchev–Trinajstić information content (AvgIpc) is 2.88. The highest BCUT2D eigenvalue weighted by Crippen LogP contribution is 2.22. The van der Waals surface area contributed by atoms with Crippen LogP contribution in [0.1, 0.15) is 0 Å². The first-order valence-corrected chi connectivity index (χ1v) is 6.48. The predicted molar refractivity (Wildman–Crippen MR) is 74.9 cm³/mol. The van der Waals surface area contributed by atoms with Gasteiger partial charge in [0.15, 0.2) is 0 Å². The van der Waals surface area contributed by atoms with Crippen molar-refractivity contribution in [3.8, 4) is 10.6 Å². The van der Waals surface area contributed by atoms with Crippen LogP contribution in [-0.4, -0.2) is 34.7 Å². The third kappa shape index (κ3) is 2.82. The van der Waals surface area contributed by atoms with Crippen LogP contribution in [0, 0.1) is 0 Å². The van der Waals surface area contributed by atoms with Crippen LogP contribution < -0.4 is 11.3 Å². The van der Waals surface area contributed by atoms with Gasteiger partial charge in [0.05, 0.1) is 4.88 Å². The summed E-state index contributed by atoms with van der Waals surface area (Å²) in [5.41, 5.74) is 5.92. The summed E-state index contributed by atoms with van der Waals surface area (Å²) >= 11 is 1.50. The maximum atomic E-state index is 11.9. The van der Waals surface area contributed by atoms with Crippen molar-refractivity contribution in [2.75, 3.05) is 19.8 Å². The molecule has 0 aromatic carbocycles. The molecule has 0 bridgehead atoms. The van der Waals surface area contributed by atoms with Crippen LogP contribution in [0.2, 0.25) is 0 Å². The van der Waals surface area contributed by atoms with Crippen LogP contribution in [0.3, 0.4) is 0 Å². The Hall–Kier alpha value is -2.15. The van der Waals surface area contributed by atoms with E-state index < -0.39 is 5.56 Å². The van der Waals surface area contributed by atoms with Crippen molar-refractivity contribution in [2.45, 2.75) is 6.54 Å². The number of hydrogen-bond donors (Lipinski definition) is 1. The molecule has 0 aliphatic rings. The summed E-state index contributed by atoms with van der Waals surface area (Å²) in [5.74, 6) is -0.211. The van der Waals surface area contributed by atoms with E-state index in [0.717, 1.165) is 9.56 Å². The number of aromatic nitrogens is 2. The Kier molecular flexibility index (Phi) is 3.66. The molecule has 100 valence electrons. The summed E-state index contributed by atoms with van der Waals surface area (Å²) in [4.78, 5) is 25.8. The first kappa shape index (κ1) is 13.3. The molecule has 2 aromatic heterocycles. The van der Waals surface area contributed by atoms with E-state index in [4.69, 9.17) is 5.73 Å². The van der Waals surface area contributed by atoms with Crippen molar-refractivity contribution in [3.05, 3.63) is 33.9 Å². The lowest BCUT2D eigenvalue weighted by Gasteiger charge is -2.12. The van der Waals surface area contributed by atoms with E-state index in [0.29, 0.717) is 5.69 Å². The van der Waals surface area contributed by atoms with Gasteiger partial charge in [0.1, 0.15) is 17.9 Å². The minimum Gasteiger partial charge on any atom is -0.394 e. The third-order valence-corrected chi connectivity index (χ3v) is 3.45. The SMILES string of the molecule is CN(C)C(=O)Cn1nc(-c2cccs2)cc(N)c1=O. The molecule has 7 heteroatoms. The Morgan fingerprint density at radius 1 is 1.53 bits per heavy atom. The van der Waals surface area contributed by atoms with Gasteiger partial charge in [-0.15, -0.1) is 11.3 Å². The van der Waals surface area contributed by atoms with E-state index >= 15 is 0 Å². The van der Waals surface area contributed by atoms with Crippen LogP contribution in [0.5, 0.6) is 0 Å². The lowest BCUT2D eigenvalue weighted by atomic mass is 10.3. The number of hydrogen-bond acceptors (Lipinski definition) is 5. The Labute approximate surface area is 114 Å². The van der Waals surface area contributed by atoms with Gasteiger partial charge < -0.3 is 10.6 Å². The largest absolute Gasteiger partial charge is 0.394 e. The van der Waals surface area contributed by atoms with Gasteiger partial charge in [-0.25, -0.2) is 4.68 Å². The van der Waals surface area contributed by atoms with Crippen molar-refractivity contribution in [1.29, 1.82) is 0 Å². The molecule has 2 N–H and O–H groups in total. The Balaban J connectivity index is 2.43. The van der Waals surface area contributed by atoms with Gasteiger partial charge in [-0.2, -0.15) is 5.10 Å². The van der Waals surface area contributed by atoms with Gasteiger partial charge in [-0.1, -0.05) is 6.07 Å². The van der Waals surface area contributed by atoms with Gasteiger partial charge in [-0.3, -0.25) is 9.59 Å². The van der Waals surface area contributed by atoms with Gasteiger partial charge in [0.2, 0.25) is 5.91 Å². The highest BCUT2D eigenvalue weighted by Gasteiger charge is 2.12. The monoisotopic (exact) mass is 278 g/mol. The summed E-state index contributed by atoms with van der Waals surface area (Å²) in [6.45, 7) is -0.116. The number of amides is 1. The van der Waals surface area contributed by atoms with E-state index in [-0.39, 0.29) is 18.1 Å². The van der Waals surface area contributed by atoms with Crippen molar-refractivity contribution < 1.29 is 4.79 Å². The maximum absolute atomic E-state index is 11.9. The smallest absolute Gasteiger partial charge is 0.290 e. The highest BCUT2D eigenvalue weighted by atomic mass is 32.1. The minimum absolute atomic E-state index is 0.0879. The molecule has 0 spiro atoms. The quantitative estimate of drug-likeness (QED) is 0.893. The molecule has 6 nitrogen and oxygen atoms in total. The number of nitrogen functional groups attached to an aromatic ring is 1. The molecule has 0 saturated heterocycles. The average molecular weight is 278 g/mol. The number of nitrogens with zero attached hydrogens (tertiary/aromatic N) is 3. The Morgan fingerprint density at radius 3 is 2.84 bits per heavy atom. The fourth-order valence-electron chi connectivity index (χ4n) is 1.48. The third-order valence-electron chi connectivity index (χ3n) is 2.56. The van der Waals surface area contributed by atoms with Gasteiger partial charge >= 0.3 is 0 Å². The number of nitrogens with two attached hydrogens (primary N) is 1. The number of carbonyl (C=O) groups excluding carboxylic acids is 1. The molecular weight excluding hydrogens is 264 g/mol. The number of rotatable bonds is 3. The molecule has 0 radical (unpaired) electrons. The van der Waals surface area contributed by atoms with Crippen molar-refractivity contribution >= 4 is 22.9 Å². The van der Waals surface area contributed by atoms with Crippen LogP contribution in [0.4, 0.5) is 5.69 Å². The first-order chi connectivity index (χ1) is 8.99. The number of likely N-dealkylation sites (N-methyl/N-ethyl adjacent to an activating group) is 1. The van der Waals surface area contributed by atoms with Crippen molar-refractivity contribution in [1.82, 2.24) is 14.7 Å². The molecule has 2 rings (SSSR count). The number of thiophene rings is 1.